The lowest BCUT2D eigenvalue weighted by molar-refractivity contribution is -0.171. The summed E-state index contributed by atoms with van der Waals surface area (Å²) in [6.45, 7) is 1.67. The summed E-state index contributed by atoms with van der Waals surface area (Å²) in [7, 11) is 1.84. The molecular weight excluding hydrogens is 310 g/mol. The Morgan fingerprint density at radius 3 is 2.78 bits per heavy atom. The van der Waals surface area contributed by atoms with Gasteiger partial charge in [0.2, 0.25) is 0 Å². The number of nitrogens with zero attached hydrogens (tertiary/aromatic N) is 1. The molecule has 0 radical (unpaired) electrons. The first-order chi connectivity index (χ1) is 11.2. The van der Waals surface area contributed by atoms with Crippen molar-refractivity contribution in [2.45, 2.75) is 44.4 Å². The SMILES string of the molecule is CN=C(NCc1ccc(Cl)cc1)NC1C2CCOC2C12CCC2. The molecule has 4 nitrogen and oxygen atoms in total. The molecule has 1 heterocycles. The van der Waals surface area contributed by atoms with Crippen LogP contribution in [0.2, 0.25) is 5.02 Å². The minimum Gasteiger partial charge on any atom is -0.377 e. The van der Waals surface area contributed by atoms with Gasteiger partial charge >= 0.3 is 0 Å². The lowest BCUT2D eigenvalue weighted by atomic mass is 9.46. The maximum absolute atomic E-state index is 5.98. The molecule has 1 saturated heterocycles. The molecule has 3 atom stereocenters. The Morgan fingerprint density at radius 2 is 2.13 bits per heavy atom. The van der Waals surface area contributed by atoms with Gasteiger partial charge in [-0.3, -0.25) is 4.99 Å². The van der Waals surface area contributed by atoms with E-state index in [2.05, 4.69) is 15.6 Å². The van der Waals surface area contributed by atoms with Crippen molar-refractivity contribution in [3.63, 3.8) is 0 Å². The highest BCUT2D eigenvalue weighted by atomic mass is 35.5. The summed E-state index contributed by atoms with van der Waals surface area (Å²) in [5, 5.41) is 7.88. The summed E-state index contributed by atoms with van der Waals surface area (Å²) in [4.78, 5) is 4.41. The monoisotopic (exact) mass is 333 g/mol. The van der Waals surface area contributed by atoms with Gasteiger partial charge in [0.05, 0.1) is 6.10 Å². The van der Waals surface area contributed by atoms with E-state index in [4.69, 9.17) is 16.3 Å². The first-order valence-electron chi connectivity index (χ1n) is 8.56. The molecule has 1 aliphatic heterocycles. The Morgan fingerprint density at radius 1 is 1.35 bits per heavy atom. The fourth-order valence-corrected chi connectivity index (χ4v) is 4.71. The maximum atomic E-state index is 5.98. The van der Waals surface area contributed by atoms with Gasteiger partial charge in [0.15, 0.2) is 5.96 Å². The molecule has 2 saturated carbocycles. The molecule has 3 unspecified atom stereocenters. The van der Waals surface area contributed by atoms with E-state index in [1.165, 1.54) is 31.2 Å². The number of hydrogen-bond donors (Lipinski definition) is 2. The molecular formula is C18H24ClN3O. The Labute approximate surface area is 142 Å². The molecule has 23 heavy (non-hydrogen) atoms. The first-order valence-corrected chi connectivity index (χ1v) is 8.94. The van der Waals surface area contributed by atoms with Crippen molar-refractivity contribution >= 4 is 17.6 Å². The number of benzene rings is 1. The van der Waals surface area contributed by atoms with Crippen molar-refractivity contribution in [3.05, 3.63) is 34.9 Å². The Balaban J connectivity index is 1.38. The number of guanidine groups is 1. The highest BCUT2D eigenvalue weighted by Crippen LogP contribution is 2.62. The minimum atomic E-state index is 0.374. The molecule has 0 bridgehead atoms. The highest BCUT2D eigenvalue weighted by molar-refractivity contribution is 6.30. The number of hydrogen-bond acceptors (Lipinski definition) is 2. The third-order valence-corrected chi connectivity index (χ3v) is 6.18. The Hall–Kier alpha value is -1.26. The second-order valence-corrected chi connectivity index (χ2v) is 7.44. The Kier molecular flexibility index (Phi) is 3.98. The van der Waals surface area contributed by atoms with E-state index in [-0.39, 0.29) is 0 Å². The molecule has 1 aromatic carbocycles. The van der Waals surface area contributed by atoms with Crippen LogP contribution in [0.15, 0.2) is 29.3 Å². The van der Waals surface area contributed by atoms with E-state index in [9.17, 15) is 0 Å². The summed E-state index contributed by atoms with van der Waals surface area (Å²) < 4.78 is 5.98. The number of rotatable bonds is 3. The van der Waals surface area contributed by atoms with Gasteiger partial charge in [0.25, 0.3) is 0 Å². The predicted molar refractivity (Wildman–Crippen MR) is 92.7 cm³/mol. The lowest BCUT2D eigenvalue weighted by Crippen LogP contribution is -2.72. The summed E-state index contributed by atoms with van der Waals surface area (Å²) in [6, 6.07) is 8.44. The van der Waals surface area contributed by atoms with Gasteiger partial charge in [-0.1, -0.05) is 30.2 Å². The average Bonchev–Trinajstić information content (AvgIpc) is 2.93. The topological polar surface area (TPSA) is 45.7 Å². The minimum absolute atomic E-state index is 0.374. The summed E-state index contributed by atoms with van der Waals surface area (Å²) in [6.07, 6.45) is 5.59. The molecule has 0 aromatic heterocycles. The molecule has 3 fully saturated rings. The number of halogens is 1. The predicted octanol–water partition coefficient (Wildman–Crippen LogP) is 2.96. The average molecular weight is 334 g/mol. The van der Waals surface area contributed by atoms with Crippen LogP contribution in [0.5, 0.6) is 0 Å². The molecule has 5 heteroatoms. The standard InChI is InChI=1S/C18H24ClN3O/c1-20-17(21-11-12-3-5-13(19)6-4-12)22-15-14-7-10-23-16(14)18(15)8-2-9-18/h3-6,14-16H,2,7-11H2,1H3,(H2,20,21,22). The molecule has 1 aromatic rings. The van der Waals surface area contributed by atoms with Gasteiger partial charge in [-0.15, -0.1) is 0 Å². The van der Waals surface area contributed by atoms with Gasteiger partial charge in [-0.2, -0.15) is 0 Å². The second-order valence-electron chi connectivity index (χ2n) is 7.00. The largest absolute Gasteiger partial charge is 0.377 e. The van der Waals surface area contributed by atoms with Gasteiger partial charge < -0.3 is 15.4 Å². The van der Waals surface area contributed by atoms with Crippen molar-refractivity contribution in [2.24, 2.45) is 16.3 Å². The molecule has 2 aliphatic carbocycles. The van der Waals surface area contributed by atoms with Crippen molar-refractivity contribution < 1.29 is 4.74 Å². The zero-order chi connectivity index (χ0) is 15.9. The fourth-order valence-electron chi connectivity index (χ4n) is 4.59. The van der Waals surface area contributed by atoms with Gasteiger partial charge in [-0.05, 0) is 37.0 Å². The third-order valence-electron chi connectivity index (χ3n) is 5.93. The van der Waals surface area contributed by atoms with Crippen molar-refractivity contribution in [1.82, 2.24) is 10.6 Å². The maximum Gasteiger partial charge on any atom is 0.191 e. The van der Waals surface area contributed by atoms with E-state index in [1.54, 1.807) is 0 Å². The van der Waals surface area contributed by atoms with Crippen LogP contribution in [0.25, 0.3) is 0 Å². The Bertz CT molecular complexity index is 597. The van der Waals surface area contributed by atoms with E-state index >= 15 is 0 Å². The summed E-state index contributed by atoms with van der Waals surface area (Å²) in [5.41, 5.74) is 1.57. The van der Waals surface area contributed by atoms with Crippen LogP contribution in [0.3, 0.4) is 0 Å². The van der Waals surface area contributed by atoms with Gasteiger partial charge in [0.1, 0.15) is 0 Å². The van der Waals surface area contributed by atoms with Crippen LogP contribution >= 0.6 is 11.6 Å². The highest BCUT2D eigenvalue weighted by Gasteiger charge is 2.66. The van der Waals surface area contributed by atoms with Crippen LogP contribution in [-0.2, 0) is 11.3 Å². The molecule has 0 amide bonds. The van der Waals surface area contributed by atoms with Crippen LogP contribution < -0.4 is 10.6 Å². The van der Waals surface area contributed by atoms with E-state index < -0.39 is 0 Å². The quantitative estimate of drug-likeness (QED) is 0.660. The first kappa shape index (κ1) is 15.3. The van der Waals surface area contributed by atoms with Gasteiger partial charge in [0, 0.05) is 42.6 Å². The molecule has 4 rings (SSSR count). The summed E-state index contributed by atoms with van der Waals surface area (Å²) in [5.74, 6) is 1.55. The smallest absolute Gasteiger partial charge is 0.191 e. The number of aliphatic imine (C=N–C) groups is 1. The fraction of sp³-hybridized carbons (Fsp3) is 0.611. The number of nitrogens with one attached hydrogen (secondary N) is 2. The van der Waals surface area contributed by atoms with Crippen molar-refractivity contribution in [3.8, 4) is 0 Å². The van der Waals surface area contributed by atoms with Crippen LogP contribution in [0.1, 0.15) is 31.2 Å². The normalized spacial score (nSPS) is 31.2. The second kappa shape index (κ2) is 5.99. The van der Waals surface area contributed by atoms with Crippen LogP contribution in [0, 0.1) is 11.3 Å². The van der Waals surface area contributed by atoms with Crippen molar-refractivity contribution in [1.29, 1.82) is 0 Å². The van der Waals surface area contributed by atoms with Crippen molar-refractivity contribution in [2.75, 3.05) is 13.7 Å². The zero-order valence-corrected chi connectivity index (χ0v) is 14.3. The van der Waals surface area contributed by atoms with E-state index in [0.29, 0.717) is 23.5 Å². The number of ether oxygens (including phenoxy) is 1. The van der Waals surface area contributed by atoms with Gasteiger partial charge in [-0.25, -0.2) is 0 Å². The van der Waals surface area contributed by atoms with Crippen LogP contribution in [-0.4, -0.2) is 31.8 Å². The lowest BCUT2D eigenvalue weighted by Gasteiger charge is -2.63. The van der Waals surface area contributed by atoms with Crippen LogP contribution in [0.4, 0.5) is 0 Å². The van der Waals surface area contributed by atoms with E-state index in [0.717, 1.165) is 24.1 Å². The van der Waals surface area contributed by atoms with E-state index in [1.807, 2.05) is 31.3 Å². The molecule has 124 valence electrons. The molecule has 3 aliphatic rings. The third kappa shape index (κ3) is 2.52. The summed E-state index contributed by atoms with van der Waals surface area (Å²) >= 11 is 5.93. The zero-order valence-electron chi connectivity index (χ0n) is 13.5. The molecule has 1 spiro atoms. The molecule has 2 N–H and O–H groups in total. The number of fused-ring (bicyclic) bond motifs is 2.